The first kappa shape index (κ1) is 14.2. The zero-order valence-corrected chi connectivity index (χ0v) is 11.2. The molecule has 1 aromatic rings. The van der Waals surface area contributed by atoms with E-state index in [-0.39, 0.29) is 5.82 Å². The van der Waals surface area contributed by atoms with E-state index in [0.717, 1.165) is 0 Å². The molecule has 0 saturated carbocycles. The van der Waals surface area contributed by atoms with E-state index in [2.05, 4.69) is 13.8 Å². The van der Waals surface area contributed by atoms with Crippen molar-refractivity contribution in [2.24, 2.45) is 0 Å². The lowest BCUT2D eigenvalue weighted by molar-refractivity contribution is 0.556. The fourth-order valence-corrected chi connectivity index (χ4v) is 2.19. The van der Waals surface area contributed by atoms with Gasteiger partial charge in [0.25, 0.3) is 0 Å². The summed E-state index contributed by atoms with van der Waals surface area (Å²) in [5.74, 6) is 0.419. The van der Waals surface area contributed by atoms with E-state index in [4.69, 9.17) is 0 Å². The van der Waals surface area contributed by atoms with Crippen LogP contribution in [0.2, 0.25) is 0 Å². The molecule has 0 aromatic heterocycles. The molecule has 0 N–H and O–H groups in total. The van der Waals surface area contributed by atoms with Crippen LogP contribution in [0, 0.1) is 5.82 Å². The number of benzene rings is 1. The molecule has 1 aromatic carbocycles. The Morgan fingerprint density at radius 2 is 1.53 bits per heavy atom. The van der Waals surface area contributed by atoms with Gasteiger partial charge in [-0.3, -0.25) is 0 Å². The molecule has 0 saturated heterocycles. The van der Waals surface area contributed by atoms with E-state index in [1.807, 2.05) is 12.1 Å². The van der Waals surface area contributed by atoms with Crippen molar-refractivity contribution in [3.05, 3.63) is 35.6 Å². The van der Waals surface area contributed by atoms with Crippen molar-refractivity contribution in [1.29, 1.82) is 0 Å². The Labute approximate surface area is 105 Å². The third-order valence-corrected chi connectivity index (χ3v) is 3.43. The highest BCUT2D eigenvalue weighted by molar-refractivity contribution is 5.19. The van der Waals surface area contributed by atoms with E-state index < -0.39 is 0 Å². The van der Waals surface area contributed by atoms with E-state index in [9.17, 15) is 4.39 Å². The van der Waals surface area contributed by atoms with Crippen LogP contribution in [0.25, 0.3) is 0 Å². The van der Waals surface area contributed by atoms with Gasteiger partial charge in [0.2, 0.25) is 0 Å². The summed E-state index contributed by atoms with van der Waals surface area (Å²) in [4.78, 5) is 0. The Bertz CT molecular complexity index is 289. The van der Waals surface area contributed by atoms with Crippen LogP contribution < -0.4 is 0 Å². The third kappa shape index (κ3) is 5.86. The molecule has 0 aliphatic carbocycles. The predicted molar refractivity (Wildman–Crippen MR) is 72.8 cm³/mol. The topological polar surface area (TPSA) is 0 Å². The summed E-state index contributed by atoms with van der Waals surface area (Å²) >= 11 is 0. The molecule has 17 heavy (non-hydrogen) atoms. The lowest BCUT2D eigenvalue weighted by Gasteiger charge is -2.11. The summed E-state index contributed by atoms with van der Waals surface area (Å²) in [6.07, 6.45) is 9.27. The fraction of sp³-hybridized carbons (Fsp3) is 0.625. The van der Waals surface area contributed by atoms with Crippen molar-refractivity contribution in [1.82, 2.24) is 0 Å². The Balaban J connectivity index is 2.16. The highest BCUT2D eigenvalue weighted by Gasteiger charge is 2.04. The maximum Gasteiger partial charge on any atom is 0.123 e. The minimum absolute atomic E-state index is 0.138. The Hall–Kier alpha value is -0.850. The van der Waals surface area contributed by atoms with Gasteiger partial charge in [0.05, 0.1) is 0 Å². The normalized spacial score (nSPS) is 12.6. The molecular formula is C16H25F. The van der Waals surface area contributed by atoms with Crippen molar-refractivity contribution in [3.8, 4) is 0 Å². The van der Waals surface area contributed by atoms with Gasteiger partial charge in [-0.25, -0.2) is 4.39 Å². The average molecular weight is 236 g/mol. The van der Waals surface area contributed by atoms with Crippen molar-refractivity contribution < 1.29 is 4.39 Å². The molecule has 0 amide bonds. The Kier molecular flexibility index (Phi) is 6.91. The van der Waals surface area contributed by atoms with Crippen molar-refractivity contribution in [2.45, 2.75) is 64.7 Å². The molecule has 96 valence electrons. The first-order valence-corrected chi connectivity index (χ1v) is 6.99. The van der Waals surface area contributed by atoms with Gasteiger partial charge in [0.1, 0.15) is 5.82 Å². The number of halogens is 1. The monoisotopic (exact) mass is 236 g/mol. The summed E-state index contributed by atoms with van der Waals surface area (Å²) in [7, 11) is 0. The minimum atomic E-state index is -0.138. The minimum Gasteiger partial charge on any atom is -0.207 e. The van der Waals surface area contributed by atoms with Crippen LogP contribution >= 0.6 is 0 Å². The second-order valence-electron chi connectivity index (χ2n) is 5.01. The van der Waals surface area contributed by atoms with Crippen molar-refractivity contribution >= 4 is 0 Å². The summed E-state index contributed by atoms with van der Waals surface area (Å²) in [5, 5.41) is 0. The largest absolute Gasteiger partial charge is 0.207 e. The van der Waals surface area contributed by atoms with E-state index in [1.165, 1.54) is 50.5 Å². The molecule has 0 heterocycles. The van der Waals surface area contributed by atoms with E-state index >= 15 is 0 Å². The maximum absolute atomic E-state index is 12.8. The van der Waals surface area contributed by atoms with Gasteiger partial charge in [0.15, 0.2) is 0 Å². The van der Waals surface area contributed by atoms with Crippen LogP contribution in [-0.4, -0.2) is 0 Å². The smallest absolute Gasteiger partial charge is 0.123 e. The van der Waals surface area contributed by atoms with Gasteiger partial charge in [0, 0.05) is 0 Å². The highest BCUT2D eigenvalue weighted by Crippen LogP contribution is 2.22. The standard InChI is InChI=1S/C16H25F/c1-3-4-5-6-7-8-9-14(2)15-10-12-16(17)13-11-15/h10-14H,3-9H2,1-2H3. The van der Waals surface area contributed by atoms with Crippen LogP contribution in [0.1, 0.15) is 70.3 Å². The maximum atomic E-state index is 12.8. The molecule has 1 heteroatoms. The number of hydrogen-bond acceptors (Lipinski definition) is 0. The molecule has 1 rings (SSSR count). The lowest BCUT2D eigenvalue weighted by Crippen LogP contribution is -1.94. The molecule has 0 bridgehead atoms. The zero-order valence-electron chi connectivity index (χ0n) is 11.2. The molecule has 0 radical (unpaired) electrons. The third-order valence-electron chi connectivity index (χ3n) is 3.43. The lowest BCUT2D eigenvalue weighted by atomic mass is 9.95. The molecular weight excluding hydrogens is 211 g/mol. The van der Waals surface area contributed by atoms with E-state index in [1.54, 1.807) is 12.1 Å². The molecule has 1 atom stereocenters. The van der Waals surface area contributed by atoms with Gasteiger partial charge >= 0.3 is 0 Å². The summed E-state index contributed by atoms with van der Waals surface area (Å²) in [6, 6.07) is 6.95. The molecule has 1 unspecified atom stereocenters. The Morgan fingerprint density at radius 3 is 2.18 bits per heavy atom. The van der Waals surface area contributed by atoms with Gasteiger partial charge in [-0.05, 0) is 30.0 Å². The zero-order chi connectivity index (χ0) is 12.5. The van der Waals surface area contributed by atoms with Crippen molar-refractivity contribution in [3.63, 3.8) is 0 Å². The molecule has 0 aliphatic rings. The van der Waals surface area contributed by atoms with Crippen molar-refractivity contribution in [2.75, 3.05) is 0 Å². The van der Waals surface area contributed by atoms with Gasteiger partial charge in [-0.15, -0.1) is 0 Å². The molecule has 0 nitrogen and oxygen atoms in total. The number of hydrogen-bond donors (Lipinski definition) is 0. The molecule has 0 fully saturated rings. The van der Waals surface area contributed by atoms with Gasteiger partial charge in [-0.1, -0.05) is 64.5 Å². The summed E-state index contributed by atoms with van der Waals surface area (Å²) < 4.78 is 12.8. The van der Waals surface area contributed by atoms with Crippen LogP contribution in [0.3, 0.4) is 0 Å². The van der Waals surface area contributed by atoms with E-state index in [0.29, 0.717) is 5.92 Å². The first-order valence-electron chi connectivity index (χ1n) is 6.99. The van der Waals surface area contributed by atoms with Crippen LogP contribution in [-0.2, 0) is 0 Å². The SMILES string of the molecule is CCCCCCCCC(C)c1ccc(F)cc1. The highest BCUT2D eigenvalue weighted by atomic mass is 19.1. The predicted octanol–water partition coefficient (Wildman–Crippen LogP) is 5.68. The van der Waals surface area contributed by atoms with Crippen LogP contribution in [0.15, 0.2) is 24.3 Å². The first-order chi connectivity index (χ1) is 8.24. The van der Waals surface area contributed by atoms with Gasteiger partial charge in [-0.2, -0.15) is 0 Å². The summed E-state index contributed by atoms with van der Waals surface area (Å²) in [6.45, 7) is 4.48. The van der Waals surface area contributed by atoms with Gasteiger partial charge < -0.3 is 0 Å². The summed E-state index contributed by atoms with van der Waals surface area (Å²) in [5.41, 5.74) is 1.26. The number of rotatable bonds is 8. The van der Waals surface area contributed by atoms with Crippen LogP contribution in [0.4, 0.5) is 4.39 Å². The van der Waals surface area contributed by atoms with Crippen LogP contribution in [0.5, 0.6) is 0 Å². The average Bonchev–Trinajstić information content (AvgIpc) is 2.34. The quantitative estimate of drug-likeness (QED) is 0.509. The second-order valence-corrected chi connectivity index (χ2v) is 5.01. The second kappa shape index (κ2) is 8.27. The molecule has 0 aliphatic heterocycles. The number of unbranched alkanes of at least 4 members (excludes halogenated alkanes) is 5. The molecule has 0 spiro atoms. The Morgan fingerprint density at radius 1 is 0.941 bits per heavy atom. The fourth-order valence-electron chi connectivity index (χ4n) is 2.19.